The Morgan fingerprint density at radius 2 is 1.50 bits per heavy atom. The van der Waals surface area contributed by atoms with Crippen LogP contribution in [-0.4, -0.2) is 51.4 Å². The first kappa shape index (κ1) is 27.7. The van der Waals surface area contributed by atoms with Gasteiger partial charge in [0.2, 0.25) is 0 Å². The van der Waals surface area contributed by atoms with Crippen molar-refractivity contribution in [2.24, 2.45) is 5.10 Å². The maximum absolute atomic E-state index is 12.4. The molecule has 0 aromatic heterocycles. The van der Waals surface area contributed by atoms with E-state index >= 15 is 0 Å². The molecule has 0 spiro atoms. The molecule has 0 aliphatic carbocycles. The van der Waals surface area contributed by atoms with Crippen molar-refractivity contribution < 1.29 is 33.3 Å². The summed E-state index contributed by atoms with van der Waals surface area (Å²) in [5.74, 6) is 0.509. The van der Waals surface area contributed by atoms with E-state index in [0.717, 1.165) is 6.42 Å². The maximum atomic E-state index is 12.4. The van der Waals surface area contributed by atoms with Crippen LogP contribution < -0.4 is 29.7 Å². The number of hydrogen-bond donors (Lipinski definition) is 2. The van der Waals surface area contributed by atoms with Gasteiger partial charge in [-0.15, -0.1) is 0 Å². The summed E-state index contributed by atoms with van der Waals surface area (Å²) in [5.41, 5.74) is 3.73. The molecule has 3 aromatic carbocycles. The van der Waals surface area contributed by atoms with Crippen LogP contribution in [0.15, 0.2) is 71.8 Å². The lowest BCUT2D eigenvalue weighted by molar-refractivity contribution is -0.120. The molecule has 0 saturated heterocycles. The maximum Gasteiger partial charge on any atom is 0.343 e. The second kappa shape index (κ2) is 14.0. The van der Waals surface area contributed by atoms with Gasteiger partial charge in [-0.3, -0.25) is 9.59 Å². The summed E-state index contributed by atoms with van der Waals surface area (Å²) in [4.78, 5) is 36.7. The monoisotopic (exact) mass is 519 g/mol. The fraction of sp³-hybridized carbons (Fsp3) is 0.214. The molecule has 198 valence electrons. The van der Waals surface area contributed by atoms with Gasteiger partial charge in [-0.1, -0.05) is 6.92 Å². The van der Waals surface area contributed by atoms with E-state index in [1.54, 1.807) is 60.7 Å². The Kier molecular flexibility index (Phi) is 10.2. The van der Waals surface area contributed by atoms with E-state index in [9.17, 15) is 14.4 Å². The molecule has 3 rings (SSSR count). The number of rotatable bonds is 12. The molecule has 0 fully saturated rings. The minimum atomic E-state index is -0.553. The van der Waals surface area contributed by atoms with Crippen LogP contribution in [0.5, 0.6) is 23.0 Å². The van der Waals surface area contributed by atoms with Crippen LogP contribution in [0.25, 0.3) is 0 Å². The number of methoxy groups -OCH3 is 2. The number of nitrogens with one attached hydrogen (secondary N) is 2. The first-order valence-corrected chi connectivity index (χ1v) is 11.8. The highest BCUT2D eigenvalue weighted by Crippen LogP contribution is 2.28. The molecule has 10 nitrogen and oxygen atoms in total. The normalized spacial score (nSPS) is 10.5. The topological polar surface area (TPSA) is 125 Å². The summed E-state index contributed by atoms with van der Waals surface area (Å²) in [7, 11) is 2.99. The molecule has 0 aliphatic heterocycles. The van der Waals surface area contributed by atoms with Crippen molar-refractivity contribution in [1.29, 1.82) is 0 Å². The number of esters is 1. The Balaban J connectivity index is 1.44. The summed E-state index contributed by atoms with van der Waals surface area (Å²) < 4.78 is 21.2. The SMILES string of the molecule is CCCOc1ccc(C(=O)NCC(=O)N/N=C\c2ccc(OC(=O)c3ccc(OC)c(OC)c3)cc2)cc1. The largest absolute Gasteiger partial charge is 0.494 e. The summed E-state index contributed by atoms with van der Waals surface area (Å²) >= 11 is 0. The van der Waals surface area contributed by atoms with E-state index in [1.165, 1.54) is 26.5 Å². The summed E-state index contributed by atoms with van der Waals surface area (Å²) in [6.07, 6.45) is 2.32. The molecule has 2 amide bonds. The van der Waals surface area contributed by atoms with Crippen molar-refractivity contribution in [2.45, 2.75) is 13.3 Å². The number of carbonyl (C=O) groups is 3. The van der Waals surface area contributed by atoms with E-state index in [4.69, 9.17) is 18.9 Å². The van der Waals surface area contributed by atoms with Gasteiger partial charge in [-0.05, 0) is 78.7 Å². The van der Waals surface area contributed by atoms with E-state index < -0.39 is 11.9 Å². The Morgan fingerprint density at radius 1 is 0.842 bits per heavy atom. The van der Waals surface area contributed by atoms with Crippen molar-refractivity contribution in [1.82, 2.24) is 10.7 Å². The first-order chi connectivity index (χ1) is 18.4. The van der Waals surface area contributed by atoms with Crippen LogP contribution in [0.4, 0.5) is 0 Å². The van der Waals surface area contributed by atoms with E-state index in [0.29, 0.717) is 46.3 Å². The minimum Gasteiger partial charge on any atom is -0.494 e. The lowest BCUT2D eigenvalue weighted by Crippen LogP contribution is -2.34. The number of ether oxygens (including phenoxy) is 4. The highest BCUT2D eigenvalue weighted by atomic mass is 16.5. The average Bonchev–Trinajstić information content (AvgIpc) is 2.95. The van der Waals surface area contributed by atoms with Gasteiger partial charge in [0, 0.05) is 5.56 Å². The second-order valence-corrected chi connectivity index (χ2v) is 7.88. The molecular weight excluding hydrogens is 490 g/mol. The predicted molar refractivity (Wildman–Crippen MR) is 141 cm³/mol. The van der Waals surface area contributed by atoms with Crippen molar-refractivity contribution in [3.05, 3.63) is 83.4 Å². The minimum absolute atomic E-state index is 0.241. The quantitative estimate of drug-likeness (QED) is 0.162. The lowest BCUT2D eigenvalue weighted by atomic mass is 10.2. The number of hydrazone groups is 1. The van der Waals surface area contributed by atoms with Crippen LogP contribution in [0, 0.1) is 0 Å². The lowest BCUT2D eigenvalue weighted by Gasteiger charge is -2.09. The smallest absolute Gasteiger partial charge is 0.343 e. The van der Waals surface area contributed by atoms with E-state index in [1.807, 2.05) is 6.92 Å². The van der Waals surface area contributed by atoms with Crippen LogP contribution >= 0.6 is 0 Å². The van der Waals surface area contributed by atoms with Crippen LogP contribution in [0.1, 0.15) is 39.6 Å². The van der Waals surface area contributed by atoms with Gasteiger partial charge in [0.25, 0.3) is 11.8 Å². The van der Waals surface area contributed by atoms with E-state index in [2.05, 4.69) is 15.8 Å². The third kappa shape index (κ3) is 8.09. The standard InChI is InChI=1S/C28H29N3O7/c1-4-15-37-22-12-7-20(8-13-22)27(33)29-18-26(32)31-30-17-19-5-10-23(11-6-19)38-28(34)21-9-14-24(35-2)25(16-21)36-3/h5-14,16-17H,4,15,18H2,1-3H3,(H,29,33)(H,31,32)/b30-17-. The summed E-state index contributed by atoms with van der Waals surface area (Å²) in [5, 5.41) is 6.41. The van der Waals surface area contributed by atoms with Crippen molar-refractivity contribution in [3.63, 3.8) is 0 Å². The fourth-order valence-corrected chi connectivity index (χ4v) is 3.15. The molecule has 0 atom stereocenters. The third-order valence-electron chi connectivity index (χ3n) is 5.11. The van der Waals surface area contributed by atoms with Crippen molar-refractivity contribution in [3.8, 4) is 23.0 Å². The van der Waals surface area contributed by atoms with Crippen LogP contribution in [-0.2, 0) is 4.79 Å². The zero-order chi connectivity index (χ0) is 27.3. The highest BCUT2D eigenvalue weighted by Gasteiger charge is 2.13. The Labute approximate surface area is 220 Å². The first-order valence-electron chi connectivity index (χ1n) is 11.8. The van der Waals surface area contributed by atoms with Crippen LogP contribution in [0.3, 0.4) is 0 Å². The molecule has 10 heteroatoms. The van der Waals surface area contributed by atoms with Gasteiger partial charge >= 0.3 is 5.97 Å². The van der Waals surface area contributed by atoms with Gasteiger partial charge in [0.15, 0.2) is 11.5 Å². The summed E-state index contributed by atoms with van der Waals surface area (Å²) in [6, 6.07) is 17.9. The number of amides is 2. The van der Waals surface area contributed by atoms with E-state index in [-0.39, 0.29) is 12.5 Å². The zero-order valence-corrected chi connectivity index (χ0v) is 21.4. The molecule has 0 heterocycles. The van der Waals surface area contributed by atoms with Crippen molar-refractivity contribution in [2.75, 3.05) is 27.4 Å². The van der Waals surface area contributed by atoms with Gasteiger partial charge < -0.3 is 24.3 Å². The molecule has 0 bridgehead atoms. The number of benzene rings is 3. The molecule has 0 aliphatic rings. The number of nitrogens with zero attached hydrogens (tertiary/aromatic N) is 1. The number of hydrogen-bond acceptors (Lipinski definition) is 8. The summed E-state index contributed by atoms with van der Waals surface area (Å²) in [6.45, 7) is 2.37. The third-order valence-corrected chi connectivity index (χ3v) is 5.11. The van der Waals surface area contributed by atoms with Gasteiger partial charge in [0.1, 0.15) is 11.5 Å². The Morgan fingerprint density at radius 3 is 2.16 bits per heavy atom. The average molecular weight is 520 g/mol. The molecule has 2 N–H and O–H groups in total. The Hall–Kier alpha value is -4.86. The number of carbonyl (C=O) groups excluding carboxylic acids is 3. The van der Waals surface area contributed by atoms with Gasteiger partial charge in [0.05, 0.1) is 39.1 Å². The van der Waals surface area contributed by atoms with Gasteiger partial charge in [-0.25, -0.2) is 10.2 Å². The molecule has 0 unspecified atom stereocenters. The second-order valence-electron chi connectivity index (χ2n) is 7.88. The zero-order valence-electron chi connectivity index (χ0n) is 21.4. The van der Waals surface area contributed by atoms with Crippen LogP contribution in [0.2, 0.25) is 0 Å². The molecule has 0 saturated carbocycles. The predicted octanol–water partition coefficient (Wildman–Crippen LogP) is 3.59. The molecule has 3 aromatic rings. The fourth-order valence-electron chi connectivity index (χ4n) is 3.15. The highest BCUT2D eigenvalue weighted by molar-refractivity contribution is 5.96. The van der Waals surface area contributed by atoms with Gasteiger partial charge in [-0.2, -0.15) is 5.10 Å². The molecule has 0 radical (unpaired) electrons. The Bertz CT molecular complexity index is 1270. The van der Waals surface area contributed by atoms with Crippen molar-refractivity contribution >= 4 is 24.0 Å². The molecule has 38 heavy (non-hydrogen) atoms. The molecular formula is C28H29N3O7.